The maximum absolute atomic E-state index is 13.8. The topological polar surface area (TPSA) is 20.7 Å². The van der Waals surface area contributed by atoms with Gasteiger partial charge in [-0.1, -0.05) is 36.4 Å². The van der Waals surface area contributed by atoms with E-state index in [0.717, 1.165) is 11.1 Å². The third-order valence-corrected chi connectivity index (χ3v) is 3.67. The fraction of sp³-hybridized carbons (Fsp3) is 0.133. The molecule has 19 heavy (non-hydrogen) atoms. The van der Waals surface area contributed by atoms with E-state index in [0.29, 0.717) is 10.3 Å². The highest BCUT2D eigenvalue weighted by atomic mass is 32.1. The number of nitrogens with one attached hydrogen (secondary N) is 1. The lowest BCUT2D eigenvalue weighted by Crippen LogP contribution is -2.06. The van der Waals surface area contributed by atoms with Crippen molar-refractivity contribution in [1.29, 1.82) is 0 Å². The predicted octanol–water partition coefficient (Wildman–Crippen LogP) is 4.45. The second kappa shape index (κ2) is 4.63. The molecule has 0 aliphatic rings. The maximum Gasteiger partial charge on any atom is 0.178 e. The molecule has 96 valence electrons. The number of aromatic amines is 1. The molecule has 1 atom stereocenters. The van der Waals surface area contributed by atoms with E-state index in [1.165, 1.54) is 6.07 Å². The molecule has 0 aliphatic carbocycles. The summed E-state index contributed by atoms with van der Waals surface area (Å²) < 4.78 is 16.2. The Bertz CT molecular complexity index is 774. The molecule has 2 nitrogen and oxygen atoms in total. The highest BCUT2D eigenvalue weighted by Crippen LogP contribution is 2.25. The Labute approximate surface area is 115 Å². The predicted molar refractivity (Wildman–Crippen MR) is 77.3 cm³/mol. The minimum Gasteiger partial charge on any atom is -0.328 e. The van der Waals surface area contributed by atoms with Gasteiger partial charge >= 0.3 is 0 Å². The number of halogens is 1. The van der Waals surface area contributed by atoms with Crippen molar-refractivity contribution in [1.82, 2.24) is 9.55 Å². The second-order valence-corrected chi connectivity index (χ2v) is 4.91. The fourth-order valence-corrected chi connectivity index (χ4v) is 2.74. The molecule has 1 N–H and O–H groups in total. The Balaban J connectivity index is 2.23. The summed E-state index contributed by atoms with van der Waals surface area (Å²) in [6, 6.07) is 15.1. The van der Waals surface area contributed by atoms with Gasteiger partial charge in [-0.15, -0.1) is 0 Å². The molecule has 0 aliphatic heterocycles. The molecule has 0 bridgehead atoms. The first kappa shape index (κ1) is 12.1. The van der Waals surface area contributed by atoms with Crippen LogP contribution < -0.4 is 0 Å². The summed E-state index contributed by atoms with van der Waals surface area (Å²) in [7, 11) is 0. The van der Waals surface area contributed by atoms with Crippen LogP contribution in [0.2, 0.25) is 0 Å². The number of rotatable bonds is 2. The van der Waals surface area contributed by atoms with Gasteiger partial charge in [0.1, 0.15) is 11.3 Å². The standard InChI is InChI=1S/C15H13FN2S/c1-10(11-6-3-2-4-7-11)18-13-9-5-8-12(16)14(13)17-15(18)19/h2-10H,1H3,(H,17,19). The number of nitrogens with zero attached hydrogens (tertiary/aromatic N) is 1. The first-order valence-corrected chi connectivity index (χ1v) is 6.53. The summed E-state index contributed by atoms with van der Waals surface area (Å²) in [4.78, 5) is 2.95. The van der Waals surface area contributed by atoms with Gasteiger partial charge in [-0.3, -0.25) is 0 Å². The largest absolute Gasteiger partial charge is 0.328 e. The van der Waals surface area contributed by atoms with Gasteiger partial charge < -0.3 is 9.55 Å². The van der Waals surface area contributed by atoms with Gasteiger partial charge in [0, 0.05) is 0 Å². The Morgan fingerprint density at radius 2 is 1.84 bits per heavy atom. The summed E-state index contributed by atoms with van der Waals surface area (Å²) in [5.74, 6) is -0.275. The molecular formula is C15H13FN2S. The van der Waals surface area contributed by atoms with Crippen molar-refractivity contribution in [3.8, 4) is 0 Å². The summed E-state index contributed by atoms with van der Waals surface area (Å²) in [5.41, 5.74) is 2.40. The van der Waals surface area contributed by atoms with Crippen LogP contribution in [0.4, 0.5) is 4.39 Å². The highest BCUT2D eigenvalue weighted by molar-refractivity contribution is 7.71. The minimum atomic E-state index is -0.275. The monoisotopic (exact) mass is 272 g/mol. The summed E-state index contributed by atoms with van der Waals surface area (Å²) in [5, 5.41) is 0. The van der Waals surface area contributed by atoms with E-state index in [1.807, 2.05) is 41.0 Å². The van der Waals surface area contributed by atoms with E-state index < -0.39 is 0 Å². The zero-order valence-electron chi connectivity index (χ0n) is 10.4. The van der Waals surface area contributed by atoms with E-state index in [1.54, 1.807) is 6.07 Å². The lowest BCUT2D eigenvalue weighted by molar-refractivity contribution is 0.636. The Hall–Kier alpha value is -1.94. The summed E-state index contributed by atoms with van der Waals surface area (Å²) >= 11 is 5.33. The zero-order valence-corrected chi connectivity index (χ0v) is 11.2. The number of hydrogen-bond acceptors (Lipinski definition) is 1. The molecule has 1 heterocycles. The first-order chi connectivity index (χ1) is 9.18. The maximum atomic E-state index is 13.8. The molecule has 3 rings (SSSR count). The van der Waals surface area contributed by atoms with Crippen molar-refractivity contribution >= 4 is 23.3 Å². The smallest absolute Gasteiger partial charge is 0.178 e. The van der Waals surface area contributed by atoms with Gasteiger partial charge in [0.2, 0.25) is 0 Å². The number of hydrogen-bond donors (Lipinski definition) is 1. The van der Waals surface area contributed by atoms with Gasteiger partial charge in [-0.05, 0) is 36.8 Å². The van der Waals surface area contributed by atoms with Crippen molar-refractivity contribution in [2.45, 2.75) is 13.0 Å². The van der Waals surface area contributed by atoms with Gasteiger partial charge in [0.05, 0.1) is 11.6 Å². The number of aromatic nitrogens is 2. The molecule has 3 aromatic rings. The fourth-order valence-electron chi connectivity index (χ4n) is 2.38. The third-order valence-electron chi connectivity index (χ3n) is 3.37. The van der Waals surface area contributed by atoms with Crippen molar-refractivity contribution in [2.24, 2.45) is 0 Å². The van der Waals surface area contributed by atoms with Crippen LogP contribution >= 0.6 is 12.2 Å². The molecule has 0 saturated heterocycles. The van der Waals surface area contributed by atoms with E-state index in [-0.39, 0.29) is 11.9 Å². The summed E-state index contributed by atoms with van der Waals surface area (Å²) in [6.45, 7) is 2.06. The van der Waals surface area contributed by atoms with Crippen molar-refractivity contribution < 1.29 is 4.39 Å². The average molecular weight is 272 g/mol. The van der Waals surface area contributed by atoms with E-state index in [9.17, 15) is 4.39 Å². The SMILES string of the molecule is CC(c1ccccc1)n1c(=S)[nH]c2c(F)cccc21. The molecule has 4 heteroatoms. The molecule has 0 radical (unpaired) electrons. The van der Waals surface area contributed by atoms with Gasteiger partial charge in [0.25, 0.3) is 0 Å². The average Bonchev–Trinajstić information content (AvgIpc) is 2.77. The molecule has 1 aromatic heterocycles. The van der Waals surface area contributed by atoms with Crippen LogP contribution in [0.5, 0.6) is 0 Å². The summed E-state index contributed by atoms with van der Waals surface area (Å²) in [6.07, 6.45) is 0. The van der Waals surface area contributed by atoms with Crippen LogP contribution in [-0.2, 0) is 0 Å². The Kier molecular flexibility index (Phi) is 2.95. The zero-order chi connectivity index (χ0) is 13.4. The van der Waals surface area contributed by atoms with Crippen LogP contribution in [-0.4, -0.2) is 9.55 Å². The molecule has 0 fully saturated rings. The van der Waals surface area contributed by atoms with Crippen molar-refractivity contribution in [3.63, 3.8) is 0 Å². The molecule has 1 unspecified atom stereocenters. The van der Waals surface area contributed by atoms with Gasteiger partial charge in [-0.2, -0.15) is 0 Å². The molecule has 0 spiro atoms. The molecule has 2 aromatic carbocycles. The van der Waals surface area contributed by atoms with Gasteiger partial charge in [-0.25, -0.2) is 4.39 Å². The van der Waals surface area contributed by atoms with Crippen LogP contribution in [0.15, 0.2) is 48.5 Å². The van der Waals surface area contributed by atoms with Crippen LogP contribution in [0, 0.1) is 10.6 Å². The third kappa shape index (κ3) is 1.98. The van der Waals surface area contributed by atoms with E-state index >= 15 is 0 Å². The highest BCUT2D eigenvalue weighted by Gasteiger charge is 2.14. The Morgan fingerprint density at radius 1 is 1.11 bits per heavy atom. The number of imidazole rings is 1. The van der Waals surface area contributed by atoms with E-state index in [4.69, 9.17) is 12.2 Å². The minimum absolute atomic E-state index is 0.0595. The van der Waals surface area contributed by atoms with Gasteiger partial charge in [0.15, 0.2) is 4.77 Å². The van der Waals surface area contributed by atoms with Crippen LogP contribution in [0.3, 0.4) is 0 Å². The number of benzene rings is 2. The lowest BCUT2D eigenvalue weighted by atomic mass is 10.1. The lowest BCUT2D eigenvalue weighted by Gasteiger charge is -2.15. The number of fused-ring (bicyclic) bond motifs is 1. The van der Waals surface area contributed by atoms with E-state index in [2.05, 4.69) is 11.9 Å². The first-order valence-electron chi connectivity index (χ1n) is 6.12. The number of H-pyrrole nitrogens is 1. The quantitative estimate of drug-likeness (QED) is 0.684. The molecular weight excluding hydrogens is 259 g/mol. The van der Waals surface area contributed by atoms with Crippen LogP contribution in [0.1, 0.15) is 18.5 Å². The van der Waals surface area contributed by atoms with Crippen molar-refractivity contribution in [3.05, 3.63) is 64.7 Å². The normalized spacial score (nSPS) is 12.7. The molecule has 0 amide bonds. The Morgan fingerprint density at radius 3 is 2.58 bits per heavy atom. The molecule has 0 saturated carbocycles. The van der Waals surface area contributed by atoms with Crippen LogP contribution in [0.25, 0.3) is 11.0 Å². The van der Waals surface area contributed by atoms with Crippen molar-refractivity contribution in [2.75, 3.05) is 0 Å². The number of para-hydroxylation sites is 1. The second-order valence-electron chi connectivity index (χ2n) is 4.52.